The topological polar surface area (TPSA) is 103 Å². The van der Waals surface area contributed by atoms with Crippen molar-refractivity contribution < 1.29 is 13.7 Å². The van der Waals surface area contributed by atoms with Crippen LogP contribution in [0.3, 0.4) is 0 Å². The summed E-state index contributed by atoms with van der Waals surface area (Å²) in [7, 11) is -9.48. The Hall–Kier alpha value is -16.5. The molecule has 0 saturated carbocycles. The lowest BCUT2D eigenvalue weighted by atomic mass is 9.95. The fourth-order valence-electron chi connectivity index (χ4n) is 21.0. The number of nitrogens with zero attached hydrogens (tertiary/aromatic N) is 6. The third-order valence-corrected chi connectivity index (χ3v) is 36.5. The van der Waals surface area contributed by atoms with Crippen LogP contribution in [-0.4, -0.2) is 28.2 Å². The van der Waals surface area contributed by atoms with Gasteiger partial charge in [0.25, 0.3) is 0 Å². The predicted molar refractivity (Wildman–Crippen MR) is 570 cm³/mol. The third kappa shape index (κ3) is 13.1. The number of fused-ring (bicyclic) bond motifs is 27. The molecule has 636 valence electrons. The van der Waals surface area contributed by atoms with Crippen molar-refractivity contribution in [1.82, 2.24) is 28.2 Å². The Morgan fingerprint density at radius 3 is 0.778 bits per heavy atom. The molecule has 0 N–H and O–H groups in total. The highest BCUT2D eigenvalue weighted by molar-refractivity contribution is 7.86. The van der Waals surface area contributed by atoms with E-state index in [4.69, 9.17) is 15.0 Å². The molecule has 27 rings (SSSR count). The van der Waals surface area contributed by atoms with Crippen LogP contribution in [0, 0.1) is 0 Å². The van der Waals surface area contributed by atoms with E-state index in [0.29, 0.717) is 0 Å². The van der Waals surface area contributed by atoms with Crippen molar-refractivity contribution in [3.05, 3.63) is 491 Å². The maximum Gasteiger partial charge on any atom is 0.171 e. The molecule has 6 heterocycles. The summed E-state index contributed by atoms with van der Waals surface area (Å²) in [6, 6.07) is 168. The minimum atomic E-state index is -3.16. The maximum absolute atomic E-state index is 15.4. The van der Waals surface area contributed by atoms with Gasteiger partial charge in [0.2, 0.25) is 0 Å². The third-order valence-electron chi connectivity index (χ3n) is 27.1. The van der Waals surface area contributed by atoms with E-state index in [1.54, 1.807) is 0 Å². The molecular formula is C123H81N6O3P3. The number of para-hydroxylation sites is 7. The Morgan fingerprint density at radius 1 is 0.156 bits per heavy atom. The van der Waals surface area contributed by atoms with Gasteiger partial charge in [0.15, 0.2) is 21.4 Å². The second kappa shape index (κ2) is 32.8. The van der Waals surface area contributed by atoms with Gasteiger partial charge in [-0.2, -0.15) is 0 Å². The van der Waals surface area contributed by atoms with E-state index >= 15 is 13.7 Å². The summed E-state index contributed by atoms with van der Waals surface area (Å²) in [5.41, 5.74) is 19.2. The van der Waals surface area contributed by atoms with Crippen LogP contribution < -0.4 is 47.7 Å². The van der Waals surface area contributed by atoms with Crippen LogP contribution in [0.15, 0.2) is 491 Å². The van der Waals surface area contributed by atoms with Gasteiger partial charge in [0.1, 0.15) is 16.9 Å². The van der Waals surface area contributed by atoms with Gasteiger partial charge in [-0.25, -0.2) is 15.0 Å². The molecule has 27 aromatic rings. The number of hydrogen-bond donors (Lipinski definition) is 0. The summed E-state index contributed by atoms with van der Waals surface area (Å²) in [5, 5.41) is 24.3. The lowest BCUT2D eigenvalue weighted by Crippen LogP contribution is -2.25. The van der Waals surface area contributed by atoms with Crippen LogP contribution >= 0.6 is 21.4 Å². The van der Waals surface area contributed by atoms with Crippen molar-refractivity contribution in [3.8, 4) is 33.4 Å². The molecule has 0 radical (unpaired) electrons. The quantitative estimate of drug-likeness (QED) is 0.0892. The standard InChI is InChI=1S/3C41H27N2OP/c44-45(29-13-3-1-4-14-29,30-15-5-2-6-16-30)40-24-12-19-32-31(18-11-20-34(32)40)28-25-26-35-36(27-28)33-17-7-9-22-38(33)43-39-23-10-8-21-37(39)42-41(35)43;44-45(29-13-3-1-4-14-29,30-15-5-2-6-16-30)40-24-12-20-32-31(19-11-21-35(32)40)28-25-26-34-33-17-7-8-18-36(33)41-42-37-22-9-10-23-38(37)43(41)39(34)27-28;44-45(29-13-3-1-4-14-29,30-15-5-2-6-16-30)40-24-12-20-32-31(19-11-21-34(32)40)28-25-26-38-36(27-28)33-17-7-8-18-35(33)41-42-37-22-9-10-23-39(37)43(38)41/h3*1-27H. The van der Waals surface area contributed by atoms with Crippen LogP contribution in [-0.2, 0) is 13.7 Å². The van der Waals surface area contributed by atoms with E-state index in [0.717, 1.165) is 196 Å². The average Bonchev–Trinajstić information content (AvgIpc) is 1.70. The fourth-order valence-corrected chi connectivity index (χ4v) is 29.6. The number of rotatable bonds is 12. The van der Waals surface area contributed by atoms with Crippen LogP contribution in [0.2, 0.25) is 0 Å². The molecule has 0 aliphatic heterocycles. The van der Waals surface area contributed by atoms with Crippen molar-refractivity contribution >= 4 is 217 Å². The van der Waals surface area contributed by atoms with Crippen molar-refractivity contribution in [2.24, 2.45) is 0 Å². The number of hydrogen-bond acceptors (Lipinski definition) is 6. The molecule has 12 heteroatoms. The first-order valence-corrected chi connectivity index (χ1v) is 50.6. The summed E-state index contributed by atoms with van der Waals surface area (Å²) < 4.78 is 53.1. The van der Waals surface area contributed by atoms with Crippen molar-refractivity contribution in [1.29, 1.82) is 0 Å². The number of benzene rings is 21. The van der Waals surface area contributed by atoms with Crippen molar-refractivity contribution in [2.45, 2.75) is 0 Å². The molecular weight excluding hydrogens is 1700 g/mol. The van der Waals surface area contributed by atoms with Crippen molar-refractivity contribution in [3.63, 3.8) is 0 Å². The Bertz CT molecular complexity index is 9490. The van der Waals surface area contributed by atoms with Gasteiger partial charge in [-0.1, -0.05) is 419 Å². The van der Waals surface area contributed by atoms with Gasteiger partial charge in [-0.3, -0.25) is 13.2 Å². The van der Waals surface area contributed by atoms with Crippen LogP contribution in [0.25, 0.3) is 181 Å². The lowest BCUT2D eigenvalue weighted by molar-refractivity contribution is 0.592. The molecule has 9 nitrogen and oxygen atoms in total. The first kappa shape index (κ1) is 80.6. The second-order valence-corrected chi connectivity index (χ2v) is 42.7. The highest BCUT2D eigenvalue weighted by Gasteiger charge is 2.36. The van der Waals surface area contributed by atoms with Crippen LogP contribution in [0.4, 0.5) is 0 Å². The lowest BCUT2D eigenvalue weighted by Gasteiger charge is -2.22. The molecule has 0 amide bonds. The first-order chi connectivity index (χ1) is 66.6. The van der Waals surface area contributed by atoms with Gasteiger partial charge < -0.3 is 13.7 Å². The van der Waals surface area contributed by atoms with Gasteiger partial charge in [0.05, 0.1) is 49.7 Å². The zero-order valence-corrected chi connectivity index (χ0v) is 75.7. The normalized spacial score (nSPS) is 12.1. The Kier molecular flexibility index (Phi) is 19.6. The molecule has 0 atom stereocenters. The number of aromatic nitrogens is 6. The Balaban J connectivity index is 0.000000108. The molecule has 0 aliphatic carbocycles. The molecule has 0 bridgehead atoms. The van der Waals surface area contributed by atoms with Gasteiger partial charge in [-0.15, -0.1) is 0 Å². The molecule has 21 aromatic carbocycles. The van der Waals surface area contributed by atoms with E-state index in [1.807, 2.05) is 218 Å². The van der Waals surface area contributed by atoms with Gasteiger partial charge in [0, 0.05) is 80.1 Å². The van der Waals surface area contributed by atoms with E-state index in [1.165, 1.54) is 32.3 Å². The molecule has 0 saturated heterocycles. The number of imidazole rings is 3. The molecule has 0 spiro atoms. The Labute approximate surface area is 777 Å². The van der Waals surface area contributed by atoms with E-state index < -0.39 is 21.4 Å². The summed E-state index contributed by atoms with van der Waals surface area (Å²) in [6.07, 6.45) is 0. The largest absolute Gasteiger partial charge is 0.309 e. The zero-order valence-electron chi connectivity index (χ0n) is 73.0. The maximum atomic E-state index is 15.4. The number of pyridine rings is 3. The highest BCUT2D eigenvalue weighted by atomic mass is 31.2. The second-order valence-electron chi connectivity index (χ2n) is 34.5. The Morgan fingerprint density at radius 2 is 0.400 bits per heavy atom. The SMILES string of the molecule is O=P(c1ccccc1)(c1ccccc1)c1cccc2c(-c3ccc4c(c3)c3ccccc3c3nc5ccccc5n43)cccc12.O=P(c1ccccc1)(c1ccccc1)c1cccc2c(-c3ccc4c(c3)c3ccccc3n3c5ccccc5nc43)cccc12.O=P(c1ccccc1)(c1ccccc1)c1cccc2c(-c3ccc4c5ccccc5c5nc6ccccc6n5c4c3)cccc12. The van der Waals surface area contributed by atoms with Gasteiger partial charge >= 0.3 is 0 Å². The summed E-state index contributed by atoms with van der Waals surface area (Å²) >= 11 is 0. The van der Waals surface area contributed by atoms with E-state index in [-0.39, 0.29) is 0 Å². The van der Waals surface area contributed by atoms with E-state index in [9.17, 15) is 0 Å². The van der Waals surface area contributed by atoms with Crippen molar-refractivity contribution in [2.75, 3.05) is 0 Å². The predicted octanol–water partition coefficient (Wildman–Crippen LogP) is 27.8. The first-order valence-electron chi connectivity index (χ1n) is 45.5. The summed E-state index contributed by atoms with van der Waals surface area (Å²) in [6.45, 7) is 0. The minimum Gasteiger partial charge on any atom is -0.309 e. The van der Waals surface area contributed by atoms with Gasteiger partial charge in [-0.05, 0) is 155 Å². The molecule has 0 unspecified atom stereocenters. The highest BCUT2D eigenvalue weighted by Crippen LogP contribution is 2.51. The van der Waals surface area contributed by atoms with Crippen LogP contribution in [0.1, 0.15) is 0 Å². The summed E-state index contributed by atoms with van der Waals surface area (Å²) in [5.74, 6) is 0. The molecule has 6 aromatic heterocycles. The molecule has 135 heavy (non-hydrogen) atoms. The molecule has 0 fully saturated rings. The monoisotopic (exact) mass is 1780 g/mol. The fraction of sp³-hybridized carbons (Fsp3) is 0. The zero-order chi connectivity index (χ0) is 89.9. The average molecular weight is 1780 g/mol. The minimum absolute atomic E-state index is 0.834. The summed E-state index contributed by atoms with van der Waals surface area (Å²) in [4.78, 5) is 15.2. The van der Waals surface area contributed by atoms with E-state index in [2.05, 4.69) is 286 Å². The van der Waals surface area contributed by atoms with Crippen LogP contribution in [0.5, 0.6) is 0 Å². The molecule has 0 aliphatic rings. The smallest absolute Gasteiger partial charge is 0.171 e.